The minimum Gasteiger partial charge on any atom is -0.326 e. The summed E-state index contributed by atoms with van der Waals surface area (Å²) in [6.07, 6.45) is 1.92. The van der Waals surface area contributed by atoms with Crippen LogP contribution >= 0.6 is 0 Å². The molecule has 140 valence electrons. The number of benzene rings is 2. The molecule has 2 heterocycles. The molecular formula is C20H18N6O2. The van der Waals surface area contributed by atoms with Gasteiger partial charge in [0.1, 0.15) is 5.39 Å². The molecule has 0 bridgehead atoms. The van der Waals surface area contributed by atoms with Crippen LogP contribution < -0.4 is 16.2 Å². The first-order chi connectivity index (χ1) is 13.6. The number of hydrogen-bond donors (Lipinski definition) is 3. The van der Waals surface area contributed by atoms with Gasteiger partial charge in [0.05, 0.1) is 11.9 Å². The van der Waals surface area contributed by atoms with Crippen molar-refractivity contribution in [3.63, 3.8) is 0 Å². The number of hydrogen-bond acceptors (Lipinski definition) is 5. The quantitative estimate of drug-likeness (QED) is 0.498. The highest BCUT2D eigenvalue weighted by Gasteiger charge is 2.11. The first-order valence-corrected chi connectivity index (χ1v) is 8.84. The molecule has 1 amide bonds. The van der Waals surface area contributed by atoms with Crippen LogP contribution in [-0.2, 0) is 4.79 Å². The molecule has 28 heavy (non-hydrogen) atoms. The molecule has 0 spiro atoms. The molecule has 0 atom stereocenters. The lowest BCUT2D eigenvalue weighted by molar-refractivity contribution is -0.115. The van der Waals surface area contributed by atoms with Crippen molar-refractivity contribution in [3.05, 3.63) is 71.1 Å². The van der Waals surface area contributed by atoms with Gasteiger partial charge in [-0.3, -0.25) is 14.6 Å². The van der Waals surface area contributed by atoms with E-state index in [0.29, 0.717) is 29.1 Å². The fourth-order valence-corrected chi connectivity index (χ4v) is 2.76. The van der Waals surface area contributed by atoms with Crippen molar-refractivity contribution < 1.29 is 4.79 Å². The Balaban J connectivity index is 1.64. The van der Waals surface area contributed by atoms with E-state index in [1.165, 1.54) is 6.20 Å². The van der Waals surface area contributed by atoms with E-state index in [1.54, 1.807) is 35.9 Å². The van der Waals surface area contributed by atoms with Crippen LogP contribution in [0.15, 0.2) is 65.6 Å². The average Bonchev–Trinajstić information content (AvgIpc) is 3.14. The number of carbonyl (C=O) groups is 1. The number of amides is 1. The number of carbonyl (C=O) groups excluding carboxylic acids is 1. The molecule has 8 nitrogen and oxygen atoms in total. The smallest absolute Gasteiger partial charge is 0.263 e. The third-order valence-electron chi connectivity index (χ3n) is 4.19. The van der Waals surface area contributed by atoms with Gasteiger partial charge >= 0.3 is 0 Å². The van der Waals surface area contributed by atoms with Crippen molar-refractivity contribution in [1.82, 2.24) is 19.7 Å². The lowest BCUT2D eigenvalue weighted by Crippen LogP contribution is -2.12. The molecule has 4 aromatic rings. The van der Waals surface area contributed by atoms with Gasteiger partial charge in [0.15, 0.2) is 5.65 Å². The maximum absolute atomic E-state index is 12.4. The summed E-state index contributed by atoms with van der Waals surface area (Å²) in [5.74, 6) is 0.256. The fourth-order valence-electron chi connectivity index (χ4n) is 2.76. The summed E-state index contributed by atoms with van der Waals surface area (Å²) in [6.45, 7) is 1.80. The summed E-state index contributed by atoms with van der Waals surface area (Å²) in [5.41, 5.74) is 2.43. The second-order valence-corrected chi connectivity index (χ2v) is 6.15. The Labute approximate surface area is 160 Å². The van der Waals surface area contributed by atoms with Gasteiger partial charge in [-0.15, -0.1) is 0 Å². The Hall–Kier alpha value is -3.94. The van der Waals surface area contributed by atoms with Crippen LogP contribution in [0.5, 0.6) is 0 Å². The maximum atomic E-state index is 12.4. The summed E-state index contributed by atoms with van der Waals surface area (Å²) in [7, 11) is 0. The van der Waals surface area contributed by atoms with E-state index >= 15 is 0 Å². The Kier molecular flexibility index (Phi) is 4.59. The molecule has 0 aliphatic heterocycles. The van der Waals surface area contributed by atoms with Gasteiger partial charge in [-0.05, 0) is 36.4 Å². The second-order valence-electron chi connectivity index (χ2n) is 6.15. The van der Waals surface area contributed by atoms with E-state index in [2.05, 4.69) is 25.7 Å². The first kappa shape index (κ1) is 17.5. The van der Waals surface area contributed by atoms with E-state index in [0.717, 1.165) is 11.4 Å². The van der Waals surface area contributed by atoms with Crippen LogP contribution in [0.3, 0.4) is 0 Å². The zero-order valence-electron chi connectivity index (χ0n) is 15.1. The number of rotatable bonds is 5. The van der Waals surface area contributed by atoms with E-state index in [9.17, 15) is 9.59 Å². The molecule has 0 aliphatic carbocycles. The van der Waals surface area contributed by atoms with E-state index in [1.807, 2.05) is 30.3 Å². The van der Waals surface area contributed by atoms with Crippen LogP contribution in [0.1, 0.15) is 13.3 Å². The van der Waals surface area contributed by atoms with E-state index < -0.39 is 0 Å². The van der Waals surface area contributed by atoms with Gasteiger partial charge in [0.25, 0.3) is 5.56 Å². The third kappa shape index (κ3) is 3.48. The highest BCUT2D eigenvalue weighted by Crippen LogP contribution is 2.19. The minimum atomic E-state index is -0.276. The minimum absolute atomic E-state index is 0.0497. The molecule has 2 aromatic carbocycles. The standard InChI is InChI=1S/C20H18N6O2/c1-2-17(27)22-13-8-10-14(11-9-13)23-20-24-18-16(19(28)25-20)12-21-26(18)15-6-4-3-5-7-15/h3-12H,2H2,1H3,(H,22,27)(H2,23,24,25,28). The zero-order chi connectivity index (χ0) is 19.5. The molecule has 0 fully saturated rings. The second kappa shape index (κ2) is 7.36. The average molecular weight is 374 g/mol. The van der Waals surface area contributed by atoms with Crippen molar-refractivity contribution in [1.29, 1.82) is 0 Å². The van der Waals surface area contributed by atoms with Crippen LogP contribution in [0.2, 0.25) is 0 Å². The molecule has 8 heteroatoms. The Morgan fingerprint density at radius 3 is 2.50 bits per heavy atom. The molecule has 0 saturated carbocycles. The number of aromatic amines is 1. The van der Waals surface area contributed by atoms with Crippen molar-refractivity contribution in [2.75, 3.05) is 10.6 Å². The number of para-hydroxylation sites is 1. The van der Waals surface area contributed by atoms with Crippen LogP contribution in [-0.4, -0.2) is 25.7 Å². The van der Waals surface area contributed by atoms with Crippen LogP contribution in [0.4, 0.5) is 17.3 Å². The first-order valence-electron chi connectivity index (χ1n) is 8.84. The van der Waals surface area contributed by atoms with Crippen molar-refractivity contribution >= 4 is 34.3 Å². The summed E-state index contributed by atoms with van der Waals surface area (Å²) in [5, 5.41) is 10.6. The molecule has 0 radical (unpaired) electrons. The van der Waals surface area contributed by atoms with E-state index in [-0.39, 0.29) is 11.5 Å². The number of H-pyrrole nitrogens is 1. The lowest BCUT2D eigenvalue weighted by Gasteiger charge is -2.08. The molecule has 3 N–H and O–H groups in total. The Bertz CT molecular complexity index is 1180. The number of anilines is 3. The van der Waals surface area contributed by atoms with Crippen LogP contribution in [0.25, 0.3) is 16.7 Å². The SMILES string of the molecule is CCC(=O)Nc1ccc(Nc2nc3c(cnn3-c3ccccc3)c(=O)[nH]2)cc1. The van der Waals surface area contributed by atoms with Gasteiger partial charge in [-0.1, -0.05) is 25.1 Å². The van der Waals surface area contributed by atoms with Crippen molar-refractivity contribution in [2.24, 2.45) is 0 Å². The van der Waals surface area contributed by atoms with Crippen molar-refractivity contribution in [2.45, 2.75) is 13.3 Å². The predicted molar refractivity (Wildman–Crippen MR) is 108 cm³/mol. The van der Waals surface area contributed by atoms with Crippen molar-refractivity contribution in [3.8, 4) is 5.69 Å². The third-order valence-corrected chi connectivity index (χ3v) is 4.19. The topological polar surface area (TPSA) is 105 Å². The number of aromatic nitrogens is 4. The van der Waals surface area contributed by atoms with E-state index in [4.69, 9.17) is 0 Å². The number of nitrogens with one attached hydrogen (secondary N) is 3. The molecule has 0 aliphatic rings. The largest absolute Gasteiger partial charge is 0.326 e. The summed E-state index contributed by atoms with van der Waals surface area (Å²) in [6, 6.07) is 16.6. The lowest BCUT2D eigenvalue weighted by atomic mass is 10.2. The van der Waals surface area contributed by atoms with Gasteiger partial charge in [-0.2, -0.15) is 10.1 Å². The molecule has 0 unspecified atom stereocenters. The summed E-state index contributed by atoms with van der Waals surface area (Å²) < 4.78 is 1.62. The predicted octanol–water partition coefficient (Wildman–Crippen LogP) is 3.20. The molecule has 2 aromatic heterocycles. The highest BCUT2D eigenvalue weighted by atomic mass is 16.1. The summed E-state index contributed by atoms with van der Waals surface area (Å²) >= 11 is 0. The van der Waals surface area contributed by atoms with Gasteiger partial charge < -0.3 is 10.6 Å². The highest BCUT2D eigenvalue weighted by molar-refractivity contribution is 5.90. The number of nitrogens with zero attached hydrogens (tertiary/aromatic N) is 3. The Morgan fingerprint density at radius 2 is 1.79 bits per heavy atom. The molecule has 4 rings (SSSR count). The molecular weight excluding hydrogens is 356 g/mol. The Morgan fingerprint density at radius 1 is 1.07 bits per heavy atom. The fraction of sp³-hybridized carbons (Fsp3) is 0.100. The van der Waals surface area contributed by atoms with Crippen LogP contribution in [0, 0.1) is 0 Å². The van der Waals surface area contributed by atoms with Gasteiger partial charge in [0.2, 0.25) is 11.9 Å². The monoisotopic (exact) mass is 374 g/mol. The van der Waals surface area contributed by atoms with Gasteiger partial charge in [0, 0.05) is 17.8 Å². The maximum Gasteiger partial charge on any atom is 0.263 e. The van der Waals surface area contributed by atoms with Gasteiger partial charge in [-0.25, -0.2) is 4.68 Å². The normalized spacial score (nSPS) is 10.8. The molecule has 0 saturated heterocycles. The number of fused-ring (bicyclic) bond motifs is 1. The summed E-state index contributed by atoms with van der Waals surface area (Å²) in [4.78, 5) is 31.1. The zero-order valence-corrected chi connectivity index (χ0v) is 15.1.